The van der Waals surface area contributed by atoms with Gasteiger partial charge < -0.3 is 10.4 Å². The third-order valence-corrected chi connectivity index (χ3v) is 3.43. The van der Waals surface area contributed by atoms with Crippen LogP contribution in [0.4, 0.5) is 13.2 Å². The van der Waals surface area contributed by atoms with Crippen molar-refractivity contribution in [3.8, 4) is 0 Å². The molecule has 0 saturated heterocycles. The predicted octanol–water partition coefficient (Wildman–Crippen LogP) is 3.24. The van der Waals surface area contributed by atoms with Gasteiger partial charge in [0.25, 0.3) is 5.91 Å². The Kier molecular flexibility index (Phi) is 4.70. The highest BCUT2D eigenvalue weighted by atomic mass is 79.9. The van der Waals surface area contributed by atoms with Gasteiger partial charge in [0.1, 0.15) is 0 Å². The van der Waals surface area contributed by atoms with Crippen molar-refractivity contribution in [2.75, 3.05) is 0 Å². The minimum Gasteiger partial charge on any atom is -0.479 e. The molecule has 20 heavy (non-hydrogen) atoms. The summed E-state index contributed by atoms with van der Waals surface area (Å²) in [6.07, 6.45) is -5.15. The van der Waals surface area contributed by atoms with Crippen LogP contribution >= 0.6 is 27.5 Å². The summed E-state index contributed by atoms with van der Waals surface area (Å²) in [5, 5.41) is 10.5. The summed E-state index contributed by atoms with van der Waals surface area (Å²) in [5.41, 5.74) is -3.55. The number of halogens is 5. The van der Waals surface area contributed by atoms with Crippen LogP contribution in [0.1, 0.15) is 17.3 Å². The van der Waals surface area contributed by atoms with Crippen LogP contribution in [0, 0.1) is 0 Å². The normalized spacial score (nSPS) is 14.5. The maximum Gasteiger partial charge on any atom is 0.422 e. The Labute approximate surface area is 125 Å². The molecule has 1 amide bonds. The number of carboxylic acid groups (broad SMARTS) is 1. The molecule has 0 heterocycles. The van der Waals surface area contributed by atoms with Gasteiger partial charge >= 0.3 is 12.1 Å². The fourth-order valence-corrected chi connectivity index (χ4v) is 2.08. The second-order valence-corrected chi connectivity index (χ2v) is 5.30. The van der Waals surface area contributed by atoms with E-state index in [9.17, 15) is 22.8 Å². The first-order chi connectivity index (χ1) is 8.99. The summed E-state index contributed by atoms with van der Waals surface area (Å²) in [7, 11) is 0. The number of amides is 1. The monoisotopic (exact) mass is 373 g/mol. The zero-order chi connectivity index (χ0) is 15.7. The fourth-order valence-electron chi connectivity index (χ4n) is 1.21. The number of carbonyl (C=O) groups is 2. The minimum absolute atomic E-state index is 0.150. The van der Waals surface area contributed by atoms with Gasteiger partial charge in [0.05, 0.1) is 5.56 Å². The van der Waals surface area contributed by atoms with Gasteiger partial charge in [0.2, 0.25) is 5.54 Å². The van der Waals surface area contributed by atoms with E-state index in [1.807, 2.05) is 0 Å². The summed E-state index contributed by atoms with van der Waals surface area (Å²) in [6.45, 7) is 0.372. The molecular weight excluding hydrogens is 366 g/mol. The average Bonchev–Trinajstić information content (AvgIpc) is 2.26. The molecule has 1 rings (SSSR count). The number of alkyl halides is 3. The highest BCUT2D eigenvalue weighted by molar-refractivity contribution is 9.10. The van der Waals surface area contributed by atoms with Crippen molar-refractivity contribution >= 4 is 39.4 Å². The lowest BCUT2D eigenvalue weighted by atomic mass is 10.0. The Morgan fingerprint density at radius 1 is 1.35 bits per heavy atom. The van der Waals surface area contributed by atoms with Crippen LogP contribution in [-0.2, 0) is 4.79 Å². The molecule has 0 saturated carbocycles. The Balaban J connectivity index is 3.13. The Morgan fingerprint density at radius 2 is 1.90 bits per heavy atom. The number of hydrogen-bond acceptors (Lipinski definition) is 2. The number of carbonyl (C=O) groups excluding carboxylic acids is 1. The first-order valence-corrected chi connectivity index (χ1v) is 6.24. The van der Waals surface area contributed by atoms with Gasteiger partial charge in [0.15, 0.2) is 0 Å². The number of rotatable bonds is 3. The van der Waals surface area contributed by atoms with Crippen molar-refractivity contribution in [1.29, 1.82) is 0 Å². The van der Waals surface area contributed by atoms with Crippen LogP contribution < -0.4 is 5.32 Å². The van der Waals surface area contributed by atoms with Crippen LogP contribution in [-0.4, -0.2) is 28.7 Å². The van der Waals surface area contributed by atoms with Crippen molar-refractivity contribution in [3.63, 3.8) is 0 Å². The predicted molar refractivity (Wildman–Crippen MR) is 68.7 cm³/mol. The lowest BCUT2D eigenvalue weighted by Gasteiger charge is -2.28. The van der Waals surface area contributed by atoms with Crippen LogP contribution in [0.2, 0.25) is 5.02 Å². The molecule has 0 aliphatic rings. The van der Waals surface area contributed by atoms with E-state index in [-0.39, 0.29) is 15.1 Å². The van der Waals surface area contributed by atoms with E-state index in [0.717, 1.165) is 0 Å². The number of benzene rings is 1. The zero-order valence-corrected chi connectivity index (χ0v) is 12.2. The second-order valence-electron chi connectivity index (χ2n) is 4.01. The largest absolute Gasteiger partial charge is 0.479 e. The van der Waals surface area contributed by atoms with Crippen LogP contribution in [0.25, 0.3) is 0 Å². The molecule has 0 aliphatic carbocycles. The number of nitrogens with one attached hydrogen (secondary N) is 1. The van der Waals surface area contributed by atoms with E-state index in [0.29, 0.717) is 6.92 Å². The van der Waals surface area contributed by atoms with Gasteiger partial charge in [0, 0.05) is 9.50 Å². The molecule has 1 unspecified atom stereocenters. The Hall–Kier alpha value is -1.28. The van der Waals surface area contributed by atoms with Crippen molar-refractivity contribution in [1.82, 2.24) is 5.32 Å². The topological polar surface area (TPSA) is 66.4 Å². The lowest BCUT2D eigenvalue weighted by molar-refractivity contribution is -0.203. The lowest BCUT2D eigenvalue weighted by Crippen LogP contribution is -2.61. The summed E-state index contributed by atoms with van der Waals surface area (Å²) in [4.78, 5) is 22.6. The molecule has 0 radical (unpaired) electrons. The third-order valence-electron chi connectivity index (χ3n) is 2.53. The molecule has 1 atom stereocenters. The zero-order valence-electron chi connectivity index (χ0n) is 9.89. The summed E-state index contributed by atoms with van der Waals surface area (Å²) in [6, 6.07) is 3.79. The van der Waals surface area contributed by atoms with Crippen LogP contribution in [0.15, 0.2) is 22.7 Å². The molecule has 1 aromatic rings. The third kappa shape index (κ3) is 3.24. The van der Waals surface area contributed by atoms with Crippen LogP contribution in [0.3, 0.4) is 0 Å². The van der Waals surface area contributed by atoms with Crippen molar-refractivity contribution in [2.45, 2.75) is 18.6 Å². The van der Waals surface area contributed by atoms with E-state index in [1.165, 1.54) is 23.5 Å². The van der Waals surface area contributed by atoms with E-state index < -0.39 is 23.6 Å². The summed E-state index contributed by atoms with van der Waals surface area (Å²) >= 11 is 8.61. The highest BCUT2D eigenvalue weighted by Crippen LogP contribution is 2.31. The van der Waals surface area contributed by atoms with E-state index in [1.54, 1.807) is 0 Å². The molecule has 2 N–H and O–H groups in total. The maximum absolute atomic E-state index is 12.8. The van der Waals surface area contributed by atoms with Crippen molar-refractivity contribution in [3.05, 3.63) is 33.3 Å². The van der Waals surface area contributed by atoms with Crippen molar-refractivity contribution in [2.24, 2.45) is 0 Å². The standard InChI is InChI=1S/C11H8BrClF3NO3/c1-10(9(19)20,11(14,15)16)17-8(18)6-3-2-5(13)4-7(6)12/h2-4H,1H3,(H,17,18)(H,19,20). The van der Waals surface area contributed by atoms with Gasteiger partial charge in [-0.3, -0.25) is 4.79 Å². The number of carboxylic acids is 1. The first kappa shape index (κ1) is 16.8. The van der Waals surface area contributed by atoms with E-state index in [2.05, 4.69) is 15.9 Å². The summed E-state index contributed by atoms with van der Waals surface area (Å²) in [5.74, 6) is -3.39. The molecule has 0 bridgehead atoms. The van der Waals surface area contributed by atoms with Gasteiger partial charge in [-0.1, -0.05) is 11.6 Å². The molecule has 0 fully saturated rings. The number of aliphatic carboxylic acids is 1. The highest BCUT2D eigenvalue weighted by Gasteiger charge is 2.58. The average molecular weight is 375 g/mol. The maximum atomic E-state index is 12.8. The molecule has 9 heteroatoms. The summed E-state index contributed by atoms with van der Waals surface area (Å²) < 4.78 is 38.5. The van der Waals surface area contributed by atoms with Gasteiger partial charge in [-0.2, -0.15) is 13.2 Å². The molecule has 0 aliphatic heterocycles. The molecule has 0 aromatic heterocycles. The smallest absolute Gasteiger partial charge is 0.422 e. The molecular formula is C11H8BrClF3NO3. The molecule has 0 spiro atoms. The second kappa shape index (κ2) is 5.61. The SMILES string of the molecule is CC(NC(=O)c1ccc(Cl)cc1Br)(C(=O)O)C(F)(F)F. The van der Waals surface area contributed by atoms with Gasteiger partial charge in [-0.15, -0.1) is 0 Å². The first-order valence-electron chi connectivity index (χ1n) is 5.06. The Morgan fingerprint density at radius 3 is 2.30 bits per heavy atom. The number of hydrogen-bond donors (Lipinski definition) is 2. The van der Waals surface area contributed by atoms with Gasteiger partial charge in [-0.25, -0.2) is 4.79 Å². The van der Waals surface area contributed by atoms with E-state index >= 15 is 0 Å². The quantitative estimate of drug-likeness (QED) is 0.854. The van der Waals surface area contributed by atoms with E-state index in [4.69, 9.17) is 16.7 Å². The van der Waals surface area contributed by atoms with Crippen molar-refractivity contribution < 1.29 is 27.9 Å². The molecule has 1 aromatic carbocycles. The molecule has 110 valence electrons. The molecule has 4 nitrogen and oxygen atoms in total. The Bertz CT molecular complexity index is 564. The van der Waals surface area contributed by atoms with Crippen LogP contribution in [0.5, 0.6) is 0 Å². The van der Waals surface area contributed by atoms with Gasteiger partial charge in [-0.05, 0) is 41.1 Å². The fraction of sp³-hybridized carbons (Fsp3) is 0.273. The minimum atomic E-state index is -5.15.